The van der Waals surface area contributed by atoms with Gasteiger partial charge >= 0.3 is 0 Å². The zero-order valence-corrected chi connectivity index (χ0v) is 23.9. The third-order valence-corrected chi connectivity index (χ3v) is 7.84. The van der Waals surface area contributed by atoms with Crippen molar-refractivity contribution in [3.05, 3.63) is 69.8 Å². The Labute approximate surface area is 219 Å². The lowest BCUT2D eigenvalue weighted by molar-refractivity contribution is 0.589. The van der Waals surface area contributed by atoms with Crippen molar-refractivity contribution in [3.63, 3.8) is 0 Å². The van der Waals surface area contributed by atoms with Crippen molar-refractivity contribution in [1.82, 2.24) is 0 Å². The molecule has 0 aliphatic carbocycles. The van der Waals surface area contributed by atoms with Crippen LogP contribution in [0.15, 0.2) is 36.4 Å². The van der Waals surface area contributed by atoms with Gasteiger partial charge in [0.15, 0.2) is 0 Å². The van der Waals surface area contributed by atoms with Crippen LogP contribution in [0.3, 0.4) is 0 Å². The van der Waals surface area contributed by atoms with Crippen LogP contribution in [0.2, 0.25) is 0 Å². The molecule has 0 aromatic heterocycles. The van der Waals surface area contributed by atoms with Crippen molar-refractivity contribution < 1.29 is 0 Å². The van der Waals surface area contributed by atoms with Gasteiger partial charge in [0.1, 0.15) is 0 Å². The van der Waals surface area contributed by atoms with Crippen molar-refractivity contribution in [2.24, 2.45) is 0 Å². The predicted octanol–water partition coefficient (Wildman–Crippen LogP) is 11.1. The standard InChI is InChI=1S/C35H56/c1-5-7-9-11-13-15-17-20-32-24-26-34(30(3)28-32)22-19-23-35-27-25-33(29-31(35)4)21-18-16-14-12-10-8-6-2/h24-29H,5-23H2,1-4H3. The number of rotatable bonds is 20. The molecule has 0 heteroatoms. The Balaban J connectivity index is 1.66. The minimum Gasteiger partial charge on any atom is -0.0654 e. The summed E-state index contributed by atoms with van der Waals surface area (Å²) in [5.41, 5.74) is 9.14. The van der Waals surface area contributed by atoms with Crippen molar-refractivity contribution >= 4 is 0 Å². The predicted molar refractivity (Wildman–Crippen MR) is 158 cm³/mol. The van der Waals surface area contributed by atoms with Crippen LogP contribution in [0.5, 0.6) is 0 Å². The summed E-state index contributed by atoms with van der Waals surface area (Å²) in [4.78, 5) is 0. The average molecular weight is 477 g/mol. The van der Waals surface area contributed by atoms with Gasteiger partial charge in [0.25, 0.3) is 0 Å². The minimum atomic E-state index is 1.20. The van der Waals surface area contributed by atoms with Crippen LogP contribution in [0.1, 0.15) is 144 Å². The van der Waals surface area contributed by atoms with Crippen LogP contribution < -0.4 is 0 Å². The van der Waals surface area contributed by atoms with Crippen LogP contribution >= 0.6 is 0 Å². The van der Waals surface area contributed by atoms with Gasteiger partial charge in [0, 0.05) is 0 Å². The van der Waals surface area contributed by atoms with Crippen molar-refractivity contribution in [3.8, 4) is 0 Å². The highest BCUT2D eigenvalue weighted by Crippen LogP contribution is 2.20. The highest BCUT2D eigenvalue weighted by molar-refractivity contribution is 5.33. The van der Waals surface area contributed by atoms with Gasteiger partial charge in [0.05, 0.1) is 0 Å². The third-order valence-electron chi connectivity index (χ3n) is 7.84. The zero-order valence-electron chi connectivity index (χ0n) is 23.9. The molecule has 0 saturated heterocycles. The summed E-state index contributed by atoms with van der Waals surface area (Å²) >= 11 is 0. The second-order valence-corrected chi connectivity index (χ2v) is 11.1. The van der Waals surface area contributed by atoms with Gasteiger partial charge in [-0.25, -0.2) is 0 Å². The van der Waals surface area contributed by atoms with Crippen molar-refractivity contribution in [2.75, 3.05) is 0 Å². The largest absolute Gasteiger partial charge is 0.0654 e. The molecule has 0 aliphatic rings. The third kappa shape index (κ3) is 12.8. The van der Waals surface area contributed by atoms with Gasteiger partial charge in [-0.1, -0.05) is 127 Å². The Morgan fingerprint density at radius 3 is 1.14 bits per heavy atom. The summed E-state index contributed by atoms with van der Waals surface area (Å²) in [7, 11) is 0. The van der Waals surface area contributed by atoms with Crippen LogP contribution in [0.4, 0.5) is 0 Å². The van der Waals surface area contributed by atoms with Gasteiger partial charge in [-0.3, -0.25) is 0 Å². The molecule has 2 aromatic rings. The first-order valence-corrected chi connectivity index (χ1v) is 15.3. The number of aryl methyl sites for hydroxylation is 6. The van der Waals surface area contributed by atoms with Crippen LogP contribution in [0, 0.1) is 13.8 Å². The molecule has 0 N–H and O–H groups in total. The lowest BCUT2D eigenvalue weighted by Gasteiger charge is -2.11. The van der Waals surface area contributed by atoms with E-state index in [9.17, 15) is 0 Å². The Bertz CT molecular complexity index is 732. The molecule has 2 rings (SSSR count). The van der Waals surface area contributed by atoms with Gasteiger partial charge in [-0.15, -0.1) is 0 Å². The summed E-state index contributed by atoms with van der Waals surface area (Å²) in [5.74, 6) is 0. The van der Waals surface area contributed by atoms with E-state index < -0.39 is 0 Å². The molecule has 2 aromatic carbocycles. The topological polar surface area (TPSA) is 0 Å². The molecule has 0 nitrogen and oxygen atoms in total. The summed E-state index contributed by atoms with van der Waals surface area (Å²) in [6.45, 7) is 9.21. The first-order valence-electron chi connectivity index (χ1n) is 15.3. The molecule has 0 atom stereocenters. The molecular formula is C35H56. The Kier molecular flexibility index (Phi) is 15.8. The van der Waals surface area contributed by atoms with Crippen molar-refractivity contribution in [1.29, 1.82) is 0 Å². The molecule has 0 unspecified atom stereocenters. The Morgan fingerprint density at radius 1 is 0.400 bits per heavy atom. The number of hydrogen-bond donors (Lipinski definition) is 0. The van der Waals surface area contributed by atoms with E-state index in [-0.39, 0.29) is 0 Å². The van der Waals surface area contributed by atoms with Crippen LogP contribution in [-0.2, 0) is 25.7 Å². The lowest BCUT2D eigenvalue weighted by Crippen LogP contribution is -1.97. The summed E-state index contributed by atoms with van der Waals surface area (Å²) in [6, 6.07) is 14.5. The molecule has 0 amide bonds. The van der Waals surface area contributed by atoms with E-state index in [1.165, 1.54) is 144 Å². The lowest BCUT2D eigenvalue weighted by atomic mass is 9.94. The molecule has 0 radical (unpaired) electrons. The molecule has 0 fully saturated rings. The van der Waals surface area contributed by atoms with E-state index in [4.69, 9.17) is 0 Å². The first kappa shape index (κ1) is 29.7. The molecule has 35 heavy (non-hydrogen) atoms. The fraction of sp³-hybridized carbons (Fsp3) is 0.657. The van der Waals surface area contributed by atoms with E-state index in [0.717, 1.165) is 0 Å². The van der Waals surface area contributed by atoms with E-state index in [1.54, 1.807) is 11.1 Å². The van der Waals surface area contributed by atoms with E-state index in [1.807, 2.05) is 0 Å². The summed E-state index contributed by atoms with van der Waals surface area (Å²) in [5, 5.41) is 0. The maximum atomic E-state index is 2.45. The van der Waals surface area contributed by atoms with Gasteiger partial charge in [0.2, 0.25) is 0 Å². The van der Waals surface area contributed by atoms with Gasteiger partial charge in [-0.05, 0) is 92.2 Å². The fourth-order valence-electron chi connectivity index (χ4n) is 5.43. The molecule has 0 aliphatic heterocycles. The number of unbranched alkanes of at least 4 members (excludes halogenated alkanes) is 12. The second kappa shape index (κ2) is 18.7. The van der Waals surface area contributed by atoms with E-state index >= 15 is 0 Å². The molecule has 0 bridgehead atoms. The Morgan fingerprint density at radius 2 is 0.771 bits per heavy atom. The maximum Gasteiger partial charge on any atom is -0.0273 e. The van der Waals surface area contributed by atoms with Crippen LogP contribution in [-0.4, -0.2) is 0 Å². The summed E-state index contributed by atoms with van der Waals surface area (Å²) < 4.78 is 0. The SMILES string of the molecule is CCCCCCCCCc1ccc(CCCc2ccc(CCCCCCCCC)cc2C)c(C)c1. The fourth-order valence-corrected chi connectivity index (χ4v) is 5.43. The molecule has 0 heterocycles. The number of benzene rings is 2. The highest BCUT2D eigenvalue weighted by Gasteiger charge is 2.05. The normalized spacial score (nSPS) is 11.3. The summed E-state index contributed by atoms with van der Waals surface area (Å²) in [6.07, 6.45) is 25.6. The van der Waals surface area contributed by atoms with E-state index in [0.29, 0.717) is 0 Å². The first-order chi connectivity index (χ1) is 17.1. The van der Waals surface area contributed by atoms with Gasteiger partial charge < -0.3 is 0 Å². The maximum absolute atomic E-state index is 2.45. The van der Waals surface area contributed by atoms with Gasteiger partial charge in [-0.2, -0.15) is 0 Å². The molecular weight excluding hydrogens is 420 g/mol. The minimum absolute atomic E-state index is 1.20. The smallest absolute Gasteiger partial charge is 0.0273 e. The molecule has 0 saturated carbocycles. The monoisotopic (exact) mass is 476 g/mol. The quantitative estimate of drug-likeness (QED) is 0.167. The number of hydrogen-bond acceptors (Lipinski definition) is 0. The van der Waals surface area contributed by atoms with Crippen molar-refractivity contribution in [2.45, 2.75) is 150 Å². The molecule has 196 valence electrons. The zero-order chi connectivity index (χ0) is 25.1. The molecule has 0 spiro atoms. The highest BCUT2D eigenvalue weighted by atomic mass is 14.1. The Hall–Kier alpha value is -1.56. The van der Waals surface area contributed by atoms with Crippen LogP contribution in [0.25, 0.3) is 0 Å². The second-order valence-electron chi connectivity index (χ2n) is 11.1. The van der Waals surface area contributed by atoms with E-state index in [2.05, 4.69) is 64.1 Å². The average Bonchev–Trinajstić information content (AvgIpc) is 2.85.